The Bertz CT molecular complexity index is 2770. The molecule has 2 aliphatic carbocycles. The number of furan rings is 1. The third-order valence-corrected chi connectivity index (χ3v) is 11.8. The van der Waals surface area contributed by atoms with Gasteiger partial charge in [-0.1, -0.05) is 122 Å². The van der Waals surface area contributed by atoms with Gasteiger partial charge in [0.15, 0.2) is 0 Å². The van der Waals surface area contributed by atoms with Crippen LogP contribution in [0, 0.1) is 0 Å². The minimum absolute atomic E-state index is 0.122. The first-order valence-corrected chi connectivity index (χ1v) is 18.1. The van der Waals surface area contributed by atoms with Gasteiger partial charge >= 0.3 is 0 Å². The van der Waals surface area contributed by atoms with Crippen molar-refractivity contribution in [1.82, 2.24) is 4.57 Å². The molecule has 0 bridgehead atoms. The van der Waals surface area contributed by atoms with E-state index in [9.17, 15) is 0 Å². The Morgan fingerprint density at radius 2 is 1.10 bits per heavy atom. The Kier molecular flexibility index (Phi) is 5.92. The van der Waals surface area contributed by atoms with Crippen molar-refractivity contribution in [2.45, 2.75) is 37.5 Å². The maximum Gasteiger partial charge on any atom is 0.136 e. The van der Waals surface area contributed by atoms with Crippen LogP contribution in [0.3, 0.4) is 0 Å². The number of nitrogens with zero attached hydrogens (tertiary/aromatic N) is 1. The summed E-state index contributed by atoms with van der Waals surface area (Å²) in [6, 6.07) is 56.0. The van der Waals surface area contributed by atoms with Crippen LogP contribution in [-0.4, -0.2) is 4.57 Å². The van der Waals surface area contributed by atoms with Crippen LogP contribution in [0.2, 0.25) is 0 Å². The van der Waals surface area contributed by atoms with Gasteiger partial charge in [0.25, 0.3) is 0 Å². The number of aromatic nitrogens is 1. The third kappa shape index (κ3) is 3.96. The summed E-state index contributed by atoms with van der Waals surface area (Å²) < 4.78 is 9.00. The van der Waals surface area contributed by atoms with Crippen molar-refractivity contribution in [3.05, 3.63) is 163 Å². The van der Waals surface area contributed by atoms with E-state index in [1.165, 1.54) is 109 Å². The average Bonchev–Trinajstić information content (AvgIpc) is 3.80. The SMILES string of the molecule is c1ccc(-c2ccc(-n3c4ccccc4c4ccc(-c5ccc6oc7cc8c(cc7c6c5)C5(CCCCC5)c5ccccc5-8)cc43)cc2)cc1. The molecular formula is C48H35NO. The molecule has 1 spiro atoms. The van der Waals surface area contributed by atoms with Crippen molar-refractivity contribution >= 4 is 43.7 Å². The Labute approximate surface area is 291 Å². The van der Waals surface area contributed by atoms with E-state index in [0.29, 0.717) is 0 Å². The predicted molar refractivity (Wildman–Crippen MR) is 208 cm³/mol. The van der Waals surface area contributed by atoms with Gasteiger partial charge in [0.1, 0.15) is 11.2 Å². The van der Waals surface area contributed by atoms with Crippen LogP contribution < -0.4 is 0 Å². The molecule has 0 N–H and O–H groups in total. The van der Waals surface area contributed by atoms with Gasteiger partial charge < -0.3 is 8.98 Å². The lowest BCUT2D eigenvalue weighted by Gasteiger charge is -2.35. The van der Waals surface area contributed by atoms with Gasteiger partial charge in [-0.3, -0.25) is 0 Å². The average molecular weight is 642 g/mol. The minimum atomic E-state index is 0.122. The summed E-state index contributed by atoms with van der Waals surface area (Å²) in [6.07, 6.45) is 6.37. The summed E-state index contributed by atoms with van der Waals surface area (Å²) in [6.45, 7) is 0. The molecule has 50 heavy (non-hydrogen) atoms. The second-order valence-electron chi connectivity index (χ2n) is 14.4. The van der Waals surface area contributed by atoms with Crippen LogP contribution in [0.15, 0.2) is 156 Å². The van der Waals surface area contributed by atoms with Crippen LogP contribution in [-0.2, 0) is 5.41 Å². The summed E-state index contributed by atoms with van der Waals surface area (Å²) in [7, 11) is 0. The van der Waals surface area contributed by atoms with E-state index < -0.39 is 0 Å². The van der Waals surface area contributed by atoms with Crippen LogP contribution in [0.4, 0.5) is 0 Å². The van der Waals surface area contributed by atoms with Gasteiger partial charge in [0.2, 0.25) is 0 Å². The molecule has 7 aromatic carbocycles. The van der Waals surface area contributed by atoms with Crippen LogP contribution >= 0.6 is 0 Å². The maximum atomic E-state index is 6.58. The van der Waals surface area contributed by atoms with Crippen molar-refractivity contribution in [2.24, 2.45) is 0 Å². The van der Waals surface area contributed by atoms with E-state index in [1.807, 2.05) is 0 Å². The molecule has 2 aliphatic rings. The Morgan fingerprint density at radius 1 is 0.420 bits per heavy atom. The quantitative estimate of drug-likeness (QED) is 0.188. The standard InChI is InChI=1S/C48H35NO/c1-3-11-31(12-4-1)32-17-21-35(22-18-32)49-44-16-8-6-14-37(44)38-23-19-34(28-45(38)49)33-20-24-46-40(27-33)41-29-43-39(30-47(41)50-46)36-13-5-7-15-42(36)48(43)25-9-2-10-26-48/h1,3-8,11-24,27-30H,2,9-10,25-26H2. The number of rotatable bonds is 3. The first-order chi connectivity index (χ1) is 24.7. The summed E-state index contributed by atoms with van der Waals surface area (Å²) in [5.74, 6) is 0. The number of hydrogen-bond acceptors (Lipinski definition) is 1. The molecule has 0 unspecified atom stereocenters. The monoisotopic (exact) mass is 641 g/mol. The smallest absolute Gasteiger partial charge is 0.136 e. The van der Waals surface area contributed by atoms with E-state index in [2.05, 4.69) is 156 Å². The summed E-state index contributed by atoms with van der Waals surface area (Å²) in [4.78, 5) is 0. The molecule has 9 aromatic rings. The molecule has 0 radical (unpaired) electrons. The predicted octanol–water partition coefficient (Wildman–Crippen LogP) is 13.2. The van der Waals surface area contributed by atoms with Gasteiger partial charge in [0.05, 0.1) is 11.0 Å². The highest BCUT2D eigenvalue weighted by atomic mass is 16.3. The van der Waals surface area contributed by atoms with Gasteiger partial charge in [0, 0.05) is 32.6 Å². The fourth-order valence-corrected chi connectivity index (χ4v) is 9.46. The first kappa shape index (κ1) is 28.0. The van der Waals surface area contributed by atoms with Crippen molar-refractivity contribution in [3.63, 3.8) is 0 Å². The molecule has 0 aliphatic heterocycles. The van der Waals surface area contributed by atoms with E-state index in [1.54, 1.807) is 0 Å². The van der Waals surface area contributed by atoms with Crippen molar-refractivity contribution in [2.75, 3.05) is 0 Å². The lowest BCUT2D eigenvalue weighted by molar-refractivity contribution is 0.353. The highest BCUT2D eigenvalue weighted by Crippen LogP contribution is 2.57. The number of benzene rings is 7. The normalized spacial score (nSPS) is 15.0. The minimum Gasteiger partial charge on any atom is -0.456 e. The molecule has 11 rings (SSSR count). The largest absolute Gasteiger partial charge is 0.456 e. The van der Waals surface area contributed by atoms with Gasteiger partial charge in [-0.05, 0) is 106 Å². The fraction of sp³-hybridized carbons (Fsp3) is 0.125. The maximum absolute atomic E-state index is 6.58. The van der Waals surface area contributed by atoms with Crippen LogP contribution in [0.25, 0.3) is 82.8 Å². The van der Waals surface area contributed by atoms with E-state index in [4.69, 9.17) is 4.42 Å². The Balaban J connectivity index is 1.07. The summed E-state index contributed by atoms with van der Waals surface area (Å²) in [5, 5.41) is 4.95. The number of para-hydroxylation sites is 1. The molecule has 2 aromatic heterocycles. The number of hydrogen-bond donors (Lipinski definition) is 0. The zero-order valence-corrected chi connectivity index (χ0v) is 27.8. The third-order valence-electron chi connectivity index (χ3n) is 11.8. The molecular weight excluding hydrogens is 607 g/mol. The fourth-order valence-electron chi connectivity index (χ4n) is 9.46. The van der Waals surface area contributed by atoms with Crippen molar-refractivity contribution < 1.29 is 4.42 Å². The lowest BCUT2D eigenvalue weighted by Crippen LogP contribution is -2.27. The highest BCUT2D eigenvalue weighted by Gasteiger charge is 2.44. The zero-order valence-electron chi connectivity index (χ0n) is 27.8. The lowest BCUT2D eigenvalue weighted by atomic mass is 9.68. The molecule has 2 nitrogen and oxygen atoms in total. The first-order valence-electron chi connectivity index (χ1n) is 18.1. The molecule has 0 atom stereocenters. The zero-order chi connectivity index (χ0) is 32.8. The van der Waals surface area contributed by atoms with Gasteiger partial charge in [-0.2, -0.15) is 0 Å². The Morgan fingerprint density at radius 3 is 1.98 bits per heavy atom. The van der Waals surface area contributed by atoms with Crippen molar-refractivity contribution in [3.8, 4) is 39.1 Å². The summed E-state index contributed by atoms with van der Waals surface area (Å²) >= 11 is 0. The Hall–Kier alpha value is -5.86. The van der Waals surface area contributed by atoms with E-state index >= 15 is 0 Å². The molecule has 2 heterocycles. The second kappa shape index (κ2) is 10.6. The van der Waals surface area contributed by atoms with Crippen LogP contribution in [0.1, 0.15) is 43.2 Å². The molecule has 1 saturated carbocycles. The van der Waals surface area contributed by atoms with E-state index in [-0.39, 0.29) is 5.41 Å². The summed E-state index contributed by atoms with van der Waals surface area (Å²) in [5.41, 5.74) is 16.3. The second-order valence-corrected chi connectivity index (χ2v) is 14.4. The molecule has 2 heteroatoms. The van der Waals surface area contributed by atoms with Crippen molar-refractivity contribution in [1.29, 1.82) is 0 Å². The topological polar surface area (TPSA) is 18.1 Å². The molecule has 238 valence electrons. The van der Waals surface area contributed by atoms with E-state index in [0.717, 1.165) is 16.9 Å². The molecule has 1 fully saturated rings. The van der Waals surface area contributed by atoms with Crippen LogP contribution in [0.5, 0.6) is 0 Å². The number of fused-ring (bicyclic) bond motifs is 11. The van der Waals surface area contributed by atoms with Gasteiger partial charge in [-0.15, -0.1) is 0 Å². The molecule has 0 saturated heterocycles. The molecule has 0 amide bonds. The highest BCUT2D eigenvalue weighted by molar-refractivity contribution is 6.11. The van der Waals surface area contributed by atoms with Gasteiger partial charge in [-0.25, -0.2) is 0 Å².